The highest BCUT2D eigenvalue weighted by Gasteiger charge is 2.07. The molecule has 1 N–H and O–H groups in total. The summed E-state index contributed by atoms with van der Waals surface area (Å²) in [7, 11) is 3.29. The van der Waals surface area contributed by atoms with Crippen LogP contribution in [0.1, 0.15) is 11.1 Å². The quantitative estimate of drug-likeness (QED) is 0.570. The third-order valence-corrected chi connectivity index (χ3v) is 4.40. The topological polar surface area (TPSA) is 65.5 Å². The first-order valence-corrected chi connectivity index (χ1v) is 9.12. The van der Waals surface area contributed by atoms with Gasteiger partial charge in [-0.25, -0.2) is 4.98 Å². The van der Waals surface area contributed by atoms with E-state index in [9.17, 15) is 0 Å². The summed E-state index contributed by atoms with van der Waals surface area (Å²) in [4.78, 5) is 8.70. The van der Waals surface area contributed by atoms with Gasteiger partial charge in [-0.05, 0) is 51.3 Å². The number of rotatable bonds is 8. The van der Waals surface area contributed by atoms with Crippen LogP contribution in [-0.4, -0.2) is 24.2 Å². The van der Waals surface area contributed by atoms with Gasteiger partial charge < -0.3 is 19.5 Å². The van der Waals surface area contributed by atoms with Crippen LogP contribution in [0.2, 0.25) is 0 Å². The zero-order valence-corrected chi connectivity index (χ0v) is 16.7. The number of anilines is 1. The molecule has 0 radical (unpaired) electrons. The normalized spacial score (nSPS) is 10.3. The lowest BCUT2D eigenvalue weighted by atomic mass is 10.2. The number of nitrogens with zero attached hydrogens (tertiary/aromatic N) is 2. The third kappa shape index (κ3) is 5.34. The standard InChI is InChI=1S/C20H20BrN3O3/c1-25-16-7-3-14(4-8-16)11-22-20-23-12-18(21)19(24-20)27-13-15-5-9-17(26-2)10-6-15/h3-10,12H,11,13H2,1-2H3,(H,22,23,24). The largest absolute Gasteiger partial charge is 0.497 e. The van der Waals surface area contributed by atoms with E-state index in [1.807, 2.05) is 48.5 Å². The summed E-state index contributed by atoms with van der Waals surface area (Å²) in [5.74, 6) is 2.62. The van der Waals surface area contributed by atoms with Gasteiger partial charge in [-0.3, -0.25) is 0 Å². The summed E-state index contributed by atoms with van der Waals surface area (Å²) in [6, 6.07) is 15.5. The van der Waals surface area contributed by atoms with Gasteiger partial charge in [0.05, 0.1) is 24.9 Å². The summed E-state index contributed by atoms with van der Waals surface area (Å²) in [6.45, 7) is 1.00. The van der Waals surface area contributed by atoms with Crippen LogP contribution in [-0.2, 0) is 13.2 Å². The molecule has 3 rings (SSSR count). The van der Waals surface area contributed by atoms with E-state index in [4.69, 9.17) is 14.2 Å². The van der Waals surface area contributed by atoms with Gasteiger partial charge in [-0.2, -0.15) is 4.98 Å². The maximum Gasteiger partial charge on any atom is 0.233 e. The highest BCUT2D eigenvalue weighted by molar-refractivity contribution is 9.10. The fourth-order valence-electron chi connectivity index (χ4n) is 2.34. The van der Waals surface area contributed by atoms with Crippen LogP contribution in [0.25, 0.3) is 0 Å². The van der Waals surface area contributed by atoms with Crippen LogP contribution in [0.15, 0.2) is 59.2 Å². The van der Waals surface area contributed by atoms with Gasteiger partial charge in [0.2, 0.25) is 11.8 Å². The second kappa shape index (κ2) is 9.23. The van der Waals surface area contributed by atoms with Crippen molar-refractivity contribution in [2.75, 3.05) is 19.5 Å². The lowest BCUT2D eigenvalue weighted by Crippen LogP contribution is -2.06. The lowest BCUT2D eigenvalue weighted by Gasteiger charge is -2.10. The van der Waals surface area contributed by atoms with Crippen molar-refractivity contribution in [3.05, 3.63) is 70.3 Å². The minimum atomic E-state index is 0.400. The second-order valence-electron chi connectivity index (χ2n) is 5.69. The number of hydrogen-bond donors (Lipinski definition) is 1. The SMILES string of the molecule is COc1ccc(CNc2ncc(Br)c(OCc3ccc(OC)cc3)n2)cc1. The Morgan fingerprint density at radius 1 is 0.889 bits per heavy atom. The zero-order valence-electron chi connectivity index (χ0n) is 15.1. The number of methoxy groups -OCH3 is 2. The maximum atomic E-state index is 5.82. The molecule has 140 valence electrons. The summed E-state index contributed by atoms with van der Waals surface area (Å²) in [5, 5.41) is 3.20. The first-order valence-electron chi connectivity index (χ1n) is 8.33. The highest BCUT2D eigenvalue weighted by atomic mass is 79.9. The molecule has 0 spiro atoms. The van der Waals surface area contributed by atoms with Crippen molar-refractivity contribution in [3.8, 4) is 17.4 Å². The van der Waals surface area contributed by atoms with E-state index in [-0.39, 0.29) is 0 Å². The Morgan fingerprint density at radius 3 is 2.07 bits per heavy atom. The molecule has 0 unspecified atom stereocenters. The molecule has 0 saturated heterocycles. The lowest BCUT2D eigenvalue weighted by molar-refractivity contribution is 0.291. The molecule has 1 aromatic heterocycles. The number of benzene rings is 2. The van der Waals surface area contributed by atoms with E-state index < -0.39 is 0 Å². The summed E-state index contributed by atoms with van der Waals surface area (Å²) < 4.78 is 16.8. The second-order valence-corrected chi connectivity index (χ2v) is 6.54. The Hall–Kier alpha value is -2.80. The van der Waals surface area contributed by atoms with E-state index in [0.29, 0.717) is 29.5 Å². The van der Waals surface area contributed by atoms with Gasteiger partial charge in [0.1, 0.15) is 18.1 Å². The summed E-state index contributed by atoms with van der Waals surface area (Å²) in [5.41, 5.74) is 2.12. The van der Waals surface area contributed by atoms with Crippen LogP contribution in [0.4, 0.5) is 5.95 Å². The van der Waals surface area contributed by atoms with Crippen molar-refractivity contribution in [2.45, 2.75) is 13.2 Å². The first kappa shape index (κ1) is 19.0. The van der Waals surface area contributed by atoms with Gasteiger partial charge >= 0.3 is 0 Å². The summed E-state index contributed by atoms with van der Waals surface area (Å²) >= 11 is 3.43. The molecule has 27 heavy (non-hydrogen) atoms. The Balaban J connectivity index is 1.60. The van der Waals surface area contributed by atoms with Crippen molar-refractivity contribution in [1.29, 1.82) is 0 Å². The highest BCUT2D eigenvalue weighted by Crippen LogP contribution is 2.24. The maximum absolute atomic E-state index is 5.82. The van der Waals surface area contributed by atoms with E-state index in [1.165, 1.54) is 0 Å². The van der Waals surface area contributed by atoms with Gasteiger partial charge in [0.15, 0.2) is 0 Å². The number of hydrogen-bond acceptors (Lipinski definition) is 6. The molecule has 7 heteroatoms. The molecule has 0 saturated carbocycles. The van der Waals surface area contributed by atoms with E-state index in [1.54, 1.807) is 20.4 Å². The van der Waals surface area contributed by atoms with Crippen molar-refractivity contribution in [3.63, 3.8) is 0 Å². The van der Waals surface area contributed by atoms with Crippen LogP contribution in [0, 0.1) is 0 Å². The molecular weight excluding hydrogens is 410 g/mol. The molecule has 1 heterocycles. The molecule has 2 aromatic carbocycles. The number of nitrogens with one attached hydrogen (secondary N) is 1. The number of halogens is 1. The van der Waals surface area contributed by atoms with Crippen LogP contribution < -0.4 is 19.5 Å². The average molecular weight is 430 g/mol. The Bertz CT molecular complexity index is 871. The monoisotopic (exact) mass is 429 g/mol. The number of ether oxygens (including phenoxy) is 3. The van der Waals surface area contributed by atoms with E-state index in [0.717, 1.165) is 22.6 Å². The van der Waals surface area contributed by atoms with Crippen molar-refractivity contribution in [2.24, 2.45) is 0 Å². The fourth-order valence-corrected chi connectivity index (χ4v) is 2.64. The van der Waals surface area contributed by atoms with E-state index >= 15 is 0 Å². The molecule has 0 aliphatic rings. The van der Waals surface area contributed by atoms with Crippen molar-refractivity contribution in [1.82, 2.24) is 9.97 Å². The number of aromatic nitrogens is 2. The van der Waals surface area contributed by atoms with Gasteiger partial charge in [-0.15, -0.1) is 0 Å². The molecule has 0 atom stereocenters. The molecule has 3 aromatic rings. The van der Waals surface area contributed by atoms with Crippen LogP contribution in [0.3, 0.4) is 0 Å². The van der Waals surface area contributed by atoms with Crippen molar-refractivity contribution >= 4 is 21.9 Å². The minimum absolute atomic E-state index is 0.400. The Morgan fingerprint density at radius 2 is 1.48 bits per heavy atom. The van der Waals surface area contributed by atoms with Crippen molar-refractivity contribution < 1.29 is 14.2 Å². The van der Waals surface area contributed by atoms with Gasteiger partial charge in [0, 0.05) is 6.54 Å². The molecule has 0 bridgehead atoms. The molecular formula is C20H20BrN3O3. The fraction of sp³-hybridized carbons (Fsp3) is 0.200. The van der Waals surface area contributed by atoms with Crippen LogP contribution in [0.5, 0.6) is 17.4 Å². The van der Waals surface area contributed by atoms with E-state index in [2.05, 4.69) is 31.2 Å². The predicted octanol–water partition coefficient (Wildman–Crippen LogP) is 4.45. The average Bonchev–Trinajstić information content (AvgIpc) is 2.73. The Kier molecular flexibility index (Phi) is 6.49. The molecule has 6 nitrogen and oxygen atoms in total. The predicted molar refractivity (Wildman–Crippen MR) is 107 cm³/mol. The van der Waals surface area contributed by atoms with Gasteiger partial charge in [-0.1, -0.05) is 24.3 Å². The van der Waals surface area contributed by atoms with Crippen LogP contribution >= 0.6 is 15.9 Å². The molecule has 0 fully saturated rings. The third-order valence-electron chi connectivity index (χ3n) is 3.86. The van der Waals surface area contributed by atoms with Gasteiger partial charge in [0.25, 0.3) is 0 Å². The minimum Gasteiger partial charge on any atom is -0.497 e. The zero-order chi connectivity index (χ0) is 19.1. The molecule has 0 aliphatic heterocycles. The molecule has 0 aliphatic carbocycles. The summed E-state index contributed by atoms with van der Waals surface area (Å²) in [6.07, 6.45) is 1.67. The smallest absolute Gasteiger partial charge is 0.233 e. The first-order chi connectivity index (χ1) is 13.2. The Labute approximate surface area is 166 Å². The molecule has 0 amide bonds.